The molecule has 130 valence electrons. The molecule has 2 aliphatic carbocycles. The van der Waals surface area contributed by atoms with Crippen molar-refractivity contribution in [3.63, 3.8) is 0 Å². The van der Waals surface area contributed by atoms with Gasteiger partial charge in [-0.1, -0.05) is 12.1 Å². The minimum atomic E-state index is -0.0137. The molecule has 0 spiro atoms. The number of fused-ring (bicyclic) bond motifs is 4. The standard InChI is InChI=1S/C21H24NO2P/c1-2-24-19-9-8-17(20-14-7-6-13(10-14)11-18(19)20)21(23)22-15-4-3-5-16(25)12-15/h3-5,8-9,12-14H,2,6-7,10-11,25H2,1H3,(H,22,23). The van der Waals surface area contributed by atoms with Crippen LogP contribution in [0.3, 0.4) is 0 Å². The number of carbonyl (C=O) groups excluding carboxylic acids is 1. The Bertz CT molecular complexity index is 818. The molecule has 4 heteroatoms. The Labute approximate surface area is 151 Å². The van der Waals surface area contributed by atoms with Crippen molar-refractivity contribution in [1.29, 1.82) is 0 Å². The second kappa shape index (κ2) is 6.80. The fourth-order valence-electron chi connectivity index (χ4n) is 4.44. The van der Waals surface area contributed by atoms with Crippen LogP contribution in [-0.2, 0) is 6.42 Å². The Balaban J connectivity index is 1.71. The Hall–Kier alpha value is -1.86. The Morgan fingerprint density at radius 3 is 2.96 bits per heavy atom. The quantitative estimate of drug-likeness (QED) is 0.834. The molecule has 4 rings (SSSR count). The molecule has 3 atom stereocenters. The van der Waals surface area contributed by atoms with Gasteiger partial charge in [0.25, 0.3) is 5.91 Å². The normalized spacial score (nSPS) is 20.9. The van der Waals surface area contributed by atoms with E-state index in [4.69, 9.17) is 4.74 Å². The summed E-state index contributed by atoms with van der Waals surface area (Å²) in [5.74, 6) is 2.21. The summed E-state index contributed by atoms with van der Waals surface area (Å²) in [6.07, 6.45) is 4.71. The molecule has 2 bridgehead atoms. The average Bonchev–Trinajstić information content (AvgIpc) is 2.97. The molecule has 0 heterocycles. The molecule has 0 radical (unpaired) electrons. The van der Waals surface area contributed by atoms with Crippen LogP contribution in [0.1, 0.15) is 53.6 Å². The number of anilines is 1. The van der Waals surface area contributed by atoms with Crippen molar-refractivity contribution in [2.75, 3.05) is 11.9 Å². The molecule has 0 saturated heterocycles. The molecule has 1 fully saturated rings. The first-order valence-corrected chi connectivity index (χ1v) is 9.69. The van der Waals surface area contributed by atoms with Crippen molar-refractivity contribution < 1.29 is 9.53 Å². The number of hydrogen-bond acceptors (Lipinski definition) is 2. The molecule has 1 amide bonds. The zero-order valence-electron chi connectivity index (χ0n) is 14.5. The van der Waals surface area contributed by atoms with Gasteiger partial charge in [0, 0.05) is 11.3 Å². The van der Waals surface area contributed by atoms with Crippen LogP contribution in [-0.4, -0.2) is 12.5 Å². The highest BCUT2D eigenvalue weighted by Crippen LogP contribution is 2.49. The van der Waals surface area contributed by atoms with Crippen molar-refractivity contribution >= 4 is 26.1 Å². The van der Waals surface area contributed by atoms with Crippen LogP contribution in [0, 0.1) is 5.92 Å². The first-order chi connectivity index (χ1) is 12.2. The second-order valence-corrected chi connectivity index (χ2v) is 7.76. The molecule has 3 nitrogen and oxygen atoms in total. The third kappa shape index (κ3) is 3.18. The van der Waals surface area contributed by atoms with Gasteiger partial charge in [-0.05, 0) is 85.1 Å². The Morgan fingerprint density at radius 1 is 1.28 bits per heavy atom. The van der Waals surface area contributed by atoms with Crippen LogP contribution in [0.4, 0.5) is 5.69 Å². The lowest BCUT2D eigenvalue weighted by Gasteiger charge is -2.27. The van der Waals surface area contributed by atoms with Gasteiger partial charge in [0.1, 0.15) is 5.75 Å². The predicted molar refractivity (Wildman–Crippen MR) is 105 cm³/mol. The zero-order chi connectivity index (χ0) is 17.4. The molecule has 0 aliphatic heterocycles. The van der Waals surface area contributed by atoms with Crippen molar-refractivity contribution in [1.82, 2.24) is 0 Å². The molecular formula is C21H24NO2P. The third-order valence-corrected chi connectivity index (χ3v) is 5.80. The lowest BCUT2D eigenvalue weighted by Crippen LogP contribution is -2.20. The van der Waals surface area contributed by atoms with Gasteiger partial charge in [-0.3, -0.25) is 4.79 Å². The van der Waals surface area contributed by atoms with E-state index in [1.807, 2.05) is 43.3 Å². The summed E-state index contributed by atoms with van der Waals surface area (Å²) in [5, 5.41) is 4.13. The predicted octanol–water partition coefficient (Wildman–Crippen LogP) is 4.28. The number of carbonyl (C=O) groups is 1. The van der Waals surface area contributed by atoms with Crippen molar-refractivity contribution in [2.24, 2.45) is 5.92 Å². The SMILES string of the molecule is CCOc1ccc(C(=O)Nc2cccc(P)c2)c2c1CC1CCC2C1. The summed E-state index contributed by atoms with van der Waals surface area (Å²) in [6.45, 7) is 2.68. The van der Waals surface area contributed by atoms with E-state index in [2.05, 4.69) is 14.6 Å². The van der Waals surface area contributed by atoms with Crippen molar-refractivity contribution in [2.45, 2.75) is 38.5 Å². The largest absolute Gasteiger partial charge is 0.494 e. The van der Waals surface area contributed by atoms with Crippen molar-refractivity contribution in [3.05, 3.63) is 53.1 Å². The lowest BCUT2D eigenvalue weighted by atomic mass is 9.79. The topological polar surface area (TPSA) is 38.3 Å². The highest BCUT2D eigenvalue weighted by Gasteiger charge is 2.37. The molecule has 2 aromatic rings. The van der Waals surface area contributed by atoms with Gasteiger partial charge in [-0.15, -0.1) is 9.24 Å². The summed E-state index contributed by atoms with van der Waals surface area (Å²) in [6, 6.07) is 11.8. The number of benzene rings is 2. The van der Waals surface area contributed by atoms with Gasteiger partial charge in [0.2, 0.25) is 0 Å². The molecule has 3 unspecified atom stereocenters. The molecular weight excluding hydrogens is 329 g/mol. The Morgan fingerprint density at radius 2 is 2.16 bits per heavy atom. The van der Waals surface area contributed by atoms with Crippen LogP contribution >= 0.6 is 9.24 Å². The summed E-state index contributed by atoms with van der Waals surface area (Å²) >= 11 is 0. The fraction of sp³-hybridized carbons (Fsp3) is 0.381. The van der Waals surface area contributed by atoms with E-state index in [1.165, 1.54) is 30.4 Å². The minimum Gasteiger partial charge on any atom is -0.494 e. The minimum absolute atomic E-state index is 0.0137. The summed E-state index contributed by atoms with van der Waals surface area (Å²) < 4.78 is 5.86. The Kier molecular flexibility index (Phi) is 4.52. The van der Waals surface area contributed by atoms with E-state index in [0.717, 1.165) is 34.6 Å². The second-order valence-electron chi connectivity index (χ2n) is 7.10. The van der Waals surface area contributed by atoms with Crippen LogP contribution in [0.2, 0.25) is 0 Å². The van der Waals surface area contributed by atoms with Crippen LogP contribution in [0.15, 0.2) is 36.4 Å². The molecule has 25 heavy (non-hydrogen) atoms. The maximum atomic E-state index is 13.0. The summed E-state index contributed by atoms with van der Waals surface area (Å²) in [5.41, 5.74) is 4.16. The van der Waals surface area contributed by atoms with Gasteiger partial charge in [0.05, 0.1) is 6.61 Å². The summed E-state index contributed by atoms with van der Waals surface area (Å²) in [7, 11) is 2.67. The van der Waals surface area contributed by atoms with E-state index in [1.54, 1.807) is 0 Å². The first-order valence-electron chi connectivity index (χ1n) is 9.11. The van der Waals surface area contributed by atoms with E-state index < -0.39 is 0 Å². The van der Waals surface area contributed by atoms with Gasteiger partial charge in [0.15, 0.2) is 0 Å². The van der Waals surface area contributed by atoms with Gasteiger partial charge in [-0.25, -0.2) is 0 Å². The van der Waals surface area contributed by atoms with E-state index >= 15 is 0 Å². The molecule has 2 aromatic carbocycles. The molecule has 0 aromatic heterocycles. The fourth-order valence-corrected chi connectivity index (χ4v) is 4.73. The van der Waals surface area contributed by atoms with Gasteiger partial charge >= 0.3 is 0 Å². The van der Waals surface area contributed by atoms with E-state index in [-0.39, 0.29) is 5.91 Å². The zero-order valence-corrected chi connectivity index (χ0v) is 15.7. The first kappa shape index (κ1) is 16.6. The van der Waals surface area contributed by atoms with Gasteiger partial charge in [-0.2, -0.15) is 0 Å². The monoisotopic (exact) mass is 353 g/mol. The number of hydrogen-bond donors (Lipinski definition) is 1. The smallest absolute Gasteiger partial charge is 0.255 e. The molecule has 1 saturated carbocycles. The van der Waals surface area contributed by atoms with Crippen LogP contribution in [0.25, 0.3) is 0 Å². The van der Waals surface area contributed by atoms with Crippen LogP contribution in [0.5, 0.6) is 5.75 Å². The number of amides is 1. The molecule has 1 N–H and O–H groups in total. The average molecular weight is 353 g/mol. The van der Waals surface area contributed by atoms with E-state index in [0.29, 0.717) is 12.5 Å². The summed E-state index contributed by atoms with van der Waals surface area (Å²) in [4.78, 5) is 13.0. The lowest BCUT2D eigenvalue weighted by molar-refractivity contribution is 0.102. The maximum Gasteiger partial charge on any atom is 0.255 e. The molecule has 2 aliphatic rings. The third-order valence-electron chi connectivity index (χ3n) is 5.45. The number of nitrogens with one attached hydrogen (secondary N) is 1. The highest BCUT2D eigenvalue weighted by molar-refractivity contribution is 7.27. The van der Waals surface area contributed by atoms with Gasteiger partial charge < -0.3 is 10.1 Å². The van der Waals surface area contributed by atoms with Crippen molar-refractivity contribution in [3.8, 4) is 5.75 Å². The van der Waals surface area contributed by atoms with E-state index in [9.17, 15) is 4.79 Å². The number of ether oxygens (including phenoxy) is 1. The highest BCUT2D eigenvalue weighted by atomic mass is 31.0. The van der Waals surface area contributed by atoms with Crippen LogP contribution < -0.4 is 15.4 Å². The maximum absolute atomic E-state index is 13.0. The number of rotatable bonds is 4.